The van der Waals surface area contributed by atoms with Gasteiger partial charge in [0.05, 0.1) is 11.6 Å². The molecule has 0 fully saturated rings. The number of aliphatic hydroxyl groups excluding tert-OH is 1. The number of nitrogens with zero attached hydrogens (tertiary/aromatic N) is 1. The summed E-state index contributed by atoms with van der Waals surface area (Å²) in [6.45, 7) is 0. The van der Waals surface area contributed by atoms with Crippen LogP contribution in [0.2, 0.25) is 0 Å². The van der Waals surface area contributed by atoms with E-state index < -0.39 is 17.8 Å². The third-order valence-corrected chi connectivity index (χ3v) is 1.69. The van der Waals surface area contributed by atoms with Crippen LogP contribution in [0.1, 0.15) is 17.2 Å². The van der Waals surface area contributed by atoms with E-state index in [1.165, 1.54) is 18.2 Å². The van der Waals surface area contributed by atoms with Crippen molar-refractivity contribution in [2.45, 2.75) is 12.3 Å². The van der Waals surface area contributed by atoms with Gasteiger partial charge in [-0.25, -0.2) is 0 Å². The Hall–Kier alpha value is -1.54. The summed E-state index contributed by atoms with van der Waals surface area (Å²) in [4.78, 5) is 0. The highest BCUT2D eigenvalue weighted by molar-refractivity contribution is 5.39. The molecule has 1 atom stereocenters. The lowest BCUT2D eigenvalue weighted by Gasteiger charge is -2.15. The average molecular weight is 201 g/mol. The summed E-state index contributed by atoms with van der Waals surface area (Å²) in [5.41, 5.74) is -0.583. The Bertz CT molecular complexity index is 367. The summed E-state index contributed by atoms with van der Waals surface area (Å²) in [7, 11) is 0. The smallest absolute Gasteiger partial charge is 0.379 e. The van der Waals surface area contributed by atoms with E-state index in [4.69, 9.17) is 10.4 Å². The largest absolute Gasteiger partial charge is 0.418 e. The summed E-state index contributed by atoms with van der Waals surface area (Å²) in [5.74, 6) is 0. The summed E-state index contributed by atoms with van der Waals surface area (Å²) >= 11 is 0. The Morgan fingerprint density at radius 1 is 1.29 bits per heavy atom. The quantitative estimate of drug-likeness (QED) is 0.756. The van der Waals surface area contributed by atoms with Crippen LogP contribution < -0.4 is 0 Å². The molecule has 0 saturated heterocycles. The van der Waals surface area contributed by atoms with Crippen molar-refractivity contribution in [3.05, 3.63) is 35.4 Å². The Balaban J connectivity index is 3.14. The van der Waals surface area contributed by atoms with E-state index in [0.717, 1.165) is 6.07 Å². The molecule has 0 radical (unpaired) electrons. The molecule has 1 N–H and O–H groups in total. The van der Waals surface area contributed by atoms with Crippen molar-refractivity contribution in [1.29, 1.82) is 5.26 Å². The van der Waals surface area contributed by atoms with Gasteiger partial charge < -0.3 is 5.11 Å². The molecular formula is C9H6F3NO. The molecule has 1 aromatic carbocycles. The maximum atomic E-state index is 12.1. The van der Waals surface area contributed by atoms with Crippen molar-refractivity contribution in [2.24, 2.45) is 0 Å². The zero-order valence-corrected chi connectivity index (χ0v) is 6.92. The fourth-order valence-corrected chi connectivity index (χ4v) is 1.01. The number of rotatable bonds is 1. The lowest BCUT2D eigenvalue weighted by molar-refractivity contribution is -0.206. The zero-order valence-electron chi connectivity index (χ0n) is 6.92. The highest BCUT2D eigenvalue weighted by Gasteiger charge is 2.40. The molecule has 2 nitrogen and oxygen atoms in total. The van der Waals surface area contributed by atoms with Crippen LogP contribution in [0, 0.1) is 11.3 Å². The normalized spacial score (nSPS) is 13.4. The number of aliphatic hydroxyl groups is 1. The van der Waals surface area contributed by atoms with Crippen LogP contribution in [0.4, 0.5) is 13.2 Å². The van der Waals surface area contributed by atoms with Crippen LogP contribution in [0.15, 0.2) is 24.3 Å². The van der Waals surface area contributed by atoms with Gasteiger partial charge in [0.25, 0.3) is 0 Å². The third kappa shape index (κ3) is 2.03. The third-order valence-electron chi connectivity index (χ3n) is 1.69. The topological polar surface area (TPSA) is 44.0 Å². The zero-order chi connectivity index (χ0) is 10.8. The molecule has 0 aliphatic heterocycles. The molecule has 1 aromatic rings. The molecule has 0 spiro atoms. The molecule has 5 heteroatoms. The molecule has 0 aliphatic rings. The lowest BCUT2D eigenvalue weighted by Crippen LogP contribution is -2.21. The predicted octanol–water partition coefficient (Wildman–Crippen LogP) is 2.15. The van der Waals surface area contributed by atoms with Crippen molar-refractivity contribution in [1.82, 2.24) is 0 Å². The van der Waals surface area contributed by atoms with Gasteiger partial charge in [-0.15, -0.1) is 0 Å². The summed E-state index contributed by atoms with van der Waals surface area (Å²) in [6.07, 6.45) is -7.34. The molecule has 0 bridgehead atoms. The highest BCUT2D eigenvalue weighted by Crippen LogP contribution is 2.33. The second-order valence-electron chi connectivity index (χ2n) is 2.64. The number of halogens is 3. The molecule has 0 heterocycles. The van der Waals surface area contributed by atoms with E-state index in [-0.39, 0.29) is 5.56 Å². The average Bonchev–Trinajstić information content (AvgIpc) is 2.15. The van der Waals surface area contributed by atoms with Crippen LogP contribution in [0.5, 0.6) is 0 Å². The van der Waals surface area contributed by atoms with Gasteiger partial charge in [-0.1, -0.05) is 18.2 Å². The number of nitriles is 1. The monoisotopic (exact) mass is 201 g/mol. The first-order valence-corrected chi connectivity index (χ1v) is 3.70. The minimum absolute atomic E-state index is 0.169. The minimum Gasteiger partial charge on any atom is -0.379 e. The standard InChI is InChI=1S/C9H6F3NO/c10-9(11,12)8(14)7-4-2-1-3-6(7)5-13/h1-4,8,14H/t8-/m1/s1. The van der Waals surface area contributed by atoms with E-state index in [2.05, 4.69) is 0 Å². The first-order chi connectivity index (χ1) is 6.46. The van der Waals surface area contributed by atoms with Crippen molar-refractivity contribution in [3.63, 3.8) is 0 Å². The Morgan fingerprint density at radius 3 is 2.36 bits per heavy atom. The van der Waals surface area contributed by atoms with Gasteiger partial charge >= 0.3 is 6.18 Å². The van der Waals surface area contributed by atoms with Crippen LogP contribution in [-0.2, 0) is 0 Å². The second kappa shape index (κ2) is 3.68. The molecule has 0 amide bonds. The van der Waals surface area contributed by atoms with Crippen LogP contribution in [0.3, 0.4) is 0 Å². The Kier molecular flexibility index (Phi) is 2.77. The summed E-state index contributed by atoms with van der Waals surface area (Å²) < 4.78 is 36.3. The van der Waals surface area contributed by atoms with Crippen LogP contribution in [-0.4, -0.2) is 11.3 Å². The molecular weight excluding hydrogens is 195 g/mol. The molecule has 0 saturated carbocycles. The fraction of sp³-hybridized carbons (Fsp3) is 0.222. The summed E-state index contributed by atoms with van der Waals surface area (Å²) in [5, 5.41) is 17.4. The van der Waals surface area contributed by atoms with Crippen LogP contribution >= 0.6 is 0 Å². The number of hydrogen-bond acceptors (Lipinski definition) is 2. The van der Waals surface area contributed by atoms with Crippen molar-refractivity contribution in [2.75, 3.05) is 0 Å². The van der Waals surface area contributed by atoms with E-state index in [1.807, 2.05) is 0 Å². The maximum Gasteiger partial charge on any atom is 0.418 e. The molecule has 0 aromatic heterocycles. The van der Waals surface area contributed by atoms with Gasteiger partial charge in [0.2, 0.25) is 0 Å². The summed E-state index contributed by atoms with van der Waals surface area (Å²) in [6, 6.07) is 6.67. The SMILES string of the molecule is N#Cc1ccccc1[C@@H](O)C(F)(F)F. The van der Waals surface area contributed by atoms with E-state index in [9.17, 15) is 13.2 Å². The maximum absolute atomic E-state index is 12.1. The number of alkyl halides is 3. The lowest BCUT2D eigenvalue weighted by atomic mass is 10.0. The van der Waals surface area contributed by atoms with E-state index in [1.54, 1.807) is 6.07 Å². The Morgan fingerprint density at radius 2 is 1.86 bits per heavy atom. The fourth-order valence-electron chi connectivity index (χ4n) is 1.01. The molecule has 74 valence electrons. The molecule has 1 rings (SSSR count). The van der Waals surface area contributed by atoms with E-state index in [0.29, 0.717) is 0 Å². The Labute approximate surface area is 78.2 Å². The first-order valence-electron chi connectivity index (χ1n) is 3.70. The molecule has 14 heavy (non-hydrogen) atoms. The van der Waals surface area contributed by atoms with Crippen molar-refractivity contribution < 1.29 is 18.3 Å². The van der Waals surface area contributed by atoms with Gasteiger partial charge in [-0.2, -0.15) is 18.4 Å². The van der Waals surface area contributed by atoms with Gasteiger partial charge in [-0.05, 0) is 6.07 Å². The second-order valence-corrected chi connectivity index (χ2v) is 2.64. The number of hydrogen-bond donors (Lipinski definition) is 1. The minimum atomic E-state index is -4.74. The van der Waals surface area contributed by atoms with Gasteiger partial charge in [0.1, 0.15) is 0 Å². The molecule has 0 aliphatic carbocycles. The van der Waals surface area contributed by atoms with E-state index >= 15 is 0 Å². The van der Waals surface area contributed by atoms with Crippen molar-refractivity contribution in [3.8, 4) is 6.07 Å². The van der Waals surface area contributed by atoms with Crippen LogP contribution in [0.25, 0.3) is 0 Å². The first kappa shape index (κ1) is 10.5. The van der Waals surface area contributed by atoms with Gasteiger partial charge in [0.15, 0.2) is 6.10 Å². The highest BCUT2D eigenvalue weighted by atomic mass is 19.4. The number of benzene rings is 1. The molecule has 0 unspecified atom stereocenters. The van der Waals surface area contributed by atoms with Gasteiger partial charge in [0, 0.05) is 5.56 Å². The van der Waals surface area contributed by atoms with Gasteiger partial charge in [-0.3, -0.25) is 0 Å². The van der Waals surface area contributed by atoms with Crippen molar-refractivity contribution >= 4 is 0 Å². The predicted molar refractivity (Wildman–Crippen MR) is 42.2 cm³/mol.